The summed E-state index contributed by atoms with van der Waals surface area (Å²) in [5.41, 5.74) is 0.347. The van der Waals surface area contributed by atoms with Crippen molar-refractivity contribution in [2.45, 2.75) is 25.9 Å². The maximum absolute atomic E-state index is 12.3. The number of carbonyl (C=O) groups is 2. The van der Waals surface area contributed by atoms with Crippen LogP contribution in [0.1, 0.15) is 40.6 Å². The lowest BCUT2D eigenvalue weighted by Gasteiger charge is -2.32. The van der Waals surface area contributed by atoms with Gasteiger partial charge in [0.25, 0.3) is 5.91 Å². The molecule has 6 nitrogen and oxygen atoms in total. The summed E-state index contributed by atoms with van der Waals surface area (Å²) in [4.78, 5) is 28.7. The third-order valence-corrected chi connectivity index (χ3v) is 3.30. The number of aromatic carboxylic acids is 1. The molecular weight excluding hydrogens is 260 g/mol. The summed E-state index contributed by atoms with van der Waals surface area (Å²) in [5.74, 6) is -1.22. The van der Waals surface area contributed by atoms with Gasteiger partial charge in [-0.05, 0) is 31.9 Å². The zero-order valence-corrected chi connectivity index (χ0v) is 11.4. The molecule has 1 unspecified atom stereocenters. The first-order valence-corrected chi connectivity index (χ1v) is 6.72. The van der Waals surface area contributed by atoms with Crippen molar-refractivity contribution in [2.24, 2.45) is 0 Å². The van der Waals surface area contributed by atoms with Crippen molar-refractivity contribution >= 4 is 11.9 Å². The predicted octanol–water partition coefficient (Wildman–Crippen LogP) is 1.42. The second kappa shape index (κ2) is 6.47. The second-order valence-corrected chi connectivity index (χ2v) is 4.71. The van der Waals surface area contributed by atoms with Gasteiger partial charge in [0.15, 0.2) is 0 Å². The van der Waals surface area contributed by atoms with E-state index in [9.17, 15) is 9.59 Å². The summed E-state index contributed by atoms with van der Waals surface area (Å²) in [5, 5.41) is 8.80. The molecule has 1 fully saturated rings. The van der Waals surface area contributed by atoms with E-state index in [-0.39, 0.29) is 23.3 Å². The molecule has 2 rings (SSSR count). The molecule has 1 saturated heterocycles. The van der Waals surface area contributed by atoms with Crippen LogP contribution < -0.4 is 0 Å². The van der Waals surface area contributed by atoms with Crippen molar-refractivity contribution in [3.8, 4) is 0 Å². The lowest BCUT2D eigenvalue weighted by molar-refractivity contribution is 0.00703. The number of ether oxygens (including phenoxy) is 1. The number of nitrogens with zero attached hydrogens (tertiary/aromatic N) is 2. The molecule has 1 aromatic heterocycles. The smallest absolute Gasteiger partial charge is 0.337 e. The number of piperidine rings is 1. The first-order valence-electron chi connectivity index (χ1n) is 6.72. The van der Waals surface area contributed by atoms with Gasteiger partial charge in [0.2, 0.25) is 0 Å². The summed E-state index contributed by atoms with van der Waals surface area (Å²) in [6.07, 6.45) is 3.16. The molecule has 1 aromatic rings. The van der Waals surface area contributed by atoms with E-state index in [1.54, 1.807) is 4.90 Å². The number of pyridine rings is 1. The molecule has 0 radical (unpaired) electrons. The van der Waals surface area contributed by atoms with Gasteiger partial charge in [0, 0.05) is 25.9 Å². The highest BCUT2D eigenvalue weighted by Gasteiger charge is 2.25. The molecule has 1 N–H and O–H groups in total. The van der Waals surface area contributed by atoms with E-state index in [2.05, 4.69) is 4.98 Å². The predicted molar refractivity (Wildman–Crippen MR) is 71.7 cm³/mol. The molecule has 0 aromatic carbocycles. The van der Waals surface area contributed by atoms with Crippen molar-refractivity contribution in [3.63, 3.8) is 0 Å². The quantitative estimate of drug-likeness (QED) is 0.901. The Balaban J connectivity index is 2.04. The molecule has 1 aliphatic heterocycles. The summed E-state index contributed by atoms with van der Waals surface area (Å²) in [7, 11) is 0. The molecule has 0 saturated carbocycles. The van der Waals surface area contributed by atoms with Crippen molar-refractivity contribution in [1.82, 2.24) is 9.88 Å². The highest BCUT2D eigenvalue weighted by molar-refractivity contribution is 5.93. The van der Waals surface area contributed by atoms with Crippen LogP contribution in [0.25, 0.3) is 0 Å². The standard InChI is InChI=1S/C14H18N2O4/c1-2-20-11-4-3-7-16(9-11)13(17)12-6-5-10(8-15-12)14(18)19/h5-6,8,11H,2-4,7,9H2,1H3,(H,18,19). The number of carbonyl (C=O) groups excluding carboxylic acids is 1. The molecule has 0 aliphatic carbocycles. The number of hydrogen-bond acceptors (Lipinski definition) is 4. The fourth-order valence-electron chi connectivity index (χ4n) is 2.30. The topological polar surface area (TPSA) is 79.7 Å². The van der Waals surface area contributed by atoms with Crippen LogP contribution in [0.15, 0.2) is 18.3 Å². The average molecular weight is 278 g/mol. The molecule has 6 heteroatoms. The molecule has 1 aliphatic rings. The molecular formula is C14H18N2O4. The van der Waals surface area contributed by atoms with Crippen LogP contribution in [-0.4, -0.2) is 52.7 Å². The van der Waals surface area contributed by atoms with Crippen LogP contribution in [0.3, 0.4) is 0 Å². The Morgan fingerprint density at radius 2 is 2.30 bits per heavy atom. The number of amides is 1. The van der Waals surface area contributed by atoms with Crippen LogP contribution in [0, 0.1) is 0 Å². The fourth-order valence-corrected chi connectivity index (χ4v) is 2.30. The summed E-state index contributed by atoms with van der Waals surface area (Å²) in [6, 6.07) is 2.85. The molecule has 2 heterocycles. The zero-order chi connectivity index (χ0) is 14.5. The van der Waals surface area contributed by atoms with E-state index in [1.165, 1.54) is 18.3 Å². The Bertz CT molecular complexity index is 484. The first-order chi connectivity index (χ1) is 9.61. The highest BCUT2D eigenvalue weighted by Crippen LogP contribution is 2.15. The van der Waals surface area contributed by atoms with Gasteiger partial charge < -0.3 is 14.7 Å². The van der Waals surface area contributed by atoms with Gasteiger partial charge >= 0.3 is 5.97 Å². The molecule has 1 atom stereocenters. The van der Waals surface area contributed by atoms with E-state index in [4.69, 9.17) is 9.84 Å². The maximum atomic E-state index is 12.3. The van der Waals surface area contributed by atoms with Crippen LogP contribution >= 0.6 is 0 Å². The van der Waals surface area contributed by atoms with Gasteiger partial charge in [-0.15, -0.1) is 0 Å². The number of aromatic nitrogens is 1. The Morgan fingerprint density at radius 3 is 2.90 bits per heavy atom. The largest absolute Gasteiger partial charge is 0.478 e. The molecule has 108 valence electrons. The monoisotopic (exact) mass is 278 g/mol. The van der Waals surface area contributed by atoms with Gasteiger partial charge in [-0.25, -0.2) is 4.79 Å². The number of hydrogen-bond donors (Lipinski definition) is 1. The molecule has 1 amide bonds. The summed E-state index contributed by atoms with van der Waals surface area (Å²) in [6.45, 7) is 3.82. The Labute approximate surface area is 117 Å². The van der Waals surface area contributed by atoms with E-state index >= 15 is 0 Å². The number of carboxylic acid groups (broad SMARTS) is 1. The van der Waals surface area contributed by atoms with Crippen molar-refractivity contribution in [2.75, 3.05) is 19.7 Å². The molecule has 20 heavy (non-hydrogen) atoms. The van der Waals surface area contributed by atoms with Gasteiger partial charge in [0.05, 0.1) is 11.7 Å². The highest BCUT2D eigenvalue weighted by atomic mass is 16.5. The Hall–Kier alpha value is -1.95. The fraction of sp³-hybridized carbons (Fsp3) is 0.500. The minimum atomic E-state index is -1.05. The lowest BCUT2D eigenvalue weighted by Crippen LogP contribution is -2.43. The summed E-state index contributed by atoms with van der Waals surface area (Å²) < 4.78 is 5.56. The van der Waals surface area contributed by atoms with Crippen LogP contribution in [-0.2, 0) is 4.74 Å². The van der Waals surface area contributed by atoms with E-state index in [0.717, 1.165) is 12.8 Å². The van der Waals surface area contributed by atoms with Crippen LogP contribution in [0.4, 0.5) is 0 Å². The lowest BCUT2D eigenvalue weighted by atomic mass is 10.1. The number of carboxylic acids is 1. The Morgan fingerprint density at radius 1 is 1.50 bits per heavy atom. The summed E-state index contributed by atoms with van der Waals surface area (Å²) >= 11 is 0. The van der Waals surface area contributed by atoms with Gasteiger partial charge in [-0.3, -0.25) is 9.78 Å². The maximum Gasteiger partial charge on any atom is 0.337 e. The number of rotatable bonds is 4. The van der Waals surface area contributed by atoms with E-state index in [1.807, 2.05) is 6.92 Å². The zero-order valence-electron chi connectivity index (χ0n) is 11.4. The molecule has 0 spiro atoms. The average Bonchev–Trinajstić information content (AvgIpc) is 2.47. The van der Waals surface area contributed by atoms with Gasteiger partial charge in [-0.1, -0.05) is 0 Å². The number of likely N-dealkylation sites (tertiary alicyclic amines) is 1. The second-order valence-electron chi connectivity index (χ2n) is 4.71. The Kier molecular flexibility index (Phi) is 4.68. The third-order valence-electron chi connectivity index (χ3n) is 3.30. The van der Waals surface area contributed by atoms with Crippen molar-refractivity contribution in [1.29, 1.82) is 0 Å². The van der Waals surface area contributed by atoms with E-state index < -0.39 is 5.97 Å². The SMILES string of the molecule is CCOC1CCCN(C(=O)c2ccc(C(=O)O)cn2)C1. The van der Waals surface area contributed by atoms with E-state index in [0.29, 0.717) is 19.7 Å². The minimum Gasteiger partial charge on any atom is -0.478 e. The van der Waals surface area contributed by atoms with Crippen molar-refractivity contribution < 1.29 is 19.4 Å². The third kappa shape index (κ3) is 3.33. The van der Waals surface area contributed by atoms with Crippen LogP contribution in [0.5, 0.6) is 0 Å². The minimum absolute atomic E-state index is 0.0763. The van der Waals surface area contributed by atoms with Gasteiger partial charge in [-0.2, -0.15) is 0 Å². The van der Waals surface area contributed by atoms with Crippen LogP contribution in [0.2, 0.25) is 0 Å². The van der Waals surface area contributed by atoms with Gasteiger partial charge in [0.1, 0.15) is 5.69 Å². The normalized spacial score (nSPS) is 18.9. The molecule has 0 bridgehead atoms. The van der Waals surface area contributed by atoms with Crippen molar-refractivity contribution in [3.05, 3.63) is 29.6 Å². The first kappa shape index (κ1) is 14.5.